The number of terminal acetylenes is 1. The van der Waals surface area contributed by atoms with Crippen molar-refractivity contribution >= 4 is 41.0 Å². The summed E-state index contributed by atoms with van der Waals surface area (Å²) in [5.41, 5.74) is 7.98. The van der Waals surface area contributed by atoms with Gasteiger partial charge in [-0.15, -0.1) is 6.42 Å². The van der Waals surface area contributed by atoms with E-state index in [1.807, 2.05) is 34.1 Å². The van der Waals surface area contributed by atoms with Crippen LogP contribution >= 0.6 is 0 Å². The van der Waals surface area contributed by atoms with Crippen LogP contribution in [0.1, 0.15) is 124 Å². The summed E-state index contributed by atoms with van der Waals surface area (Å²) in [4.78, 5) is 61.9. The van der Waals surface area contributed by atoms with E-state index in [9.17, 15) is 30.0 Å². The van der Waals surface area contributed by atoms with Gasteiger partial charge in [0.05, 0.1) is 46.8 Å². The number of pyridine rings is 3. The summed E-state index contributed by atoms with van der Waals surface area (Å²) in [6.45, 7) is 12.6. The molecule has 1 N–H and O–H groups in total. The van der Waals surface area contributed by atoms with Crippen LogP contribution < -0.4 is 9.80 Å². The topological polar surface area (TPSA) is 174 Å². The fourth-order valence-electron chi connectivity index (χ4n) is 10.0. The van der Waals surface area contributed by atoms with E-state index in [1.54, 1.807) is 24.1 Å². The number of aliphatic hydroxyl groups is 1. The largest absolute Gasteiger partial charge is 0.393 e. The highest BCUT2D eigenvalue weighted by atomic mass is 16.3. The predicted molar refractivity (Wildman–Crippen MR) is 256 cm³/mol. The number of nitriles is 2. The normalized spacial score (nSPS) is 22.0. The molecule has 0 bridgehead atoms. The summed E-state index contributed by atoms with van der Waals surface area (Å²) < 4.78 is 0. The van der Waals surface area contributed by atoms with Crippen LogP contribution in [0.15, 0.2) is 43.1 Å². The molecule has 0 spiro atoms. The molecule has 10 rings (SSSR count). The van der Waals surface area contributed by atoms with Crippen molar-refractivity contribution in [2.45, 2.75) is 108 Å². The summed E-state index contributed by atoms with van der Waals surface area (Å²) in [6, 6.07) is 12.8. The molecule has 346 valence electrons. The average Bonchev–Trinajstić information content (AvgIpc) is 4.13. The van der Waals surface area contributed by atoms with E-state index in [-0.39, 0.29) is 42.1 Å². The minimum Gasteiger partial charge on any atom is -0.393 e. The maximum absolute atomic E-state index is 12.8. The first kappa shape index (κ1) is 45.6. The number of carbonyl (C=O) groups is 3. The standard InChI is InChI=1S/C27H31N5O2.C26H29N5O2/c1-3-22-13-20(8-9-29-22)23-14-21(15-28)27(30-26(23)19-6-7-19)31-10-11-32(25(34)12-17(2)33)24(16-31)18-4-5-18;1-3-23(32)29-10-4-5-20(16-29)22-13-21(14-27)25(28-24(22)18-6-7-18)30-11-12-31(17(2)15-30)26(33)19-8-9-19/h3,8-9,13-14,17-19,24,33H,1,4-7,10-12,16H2,2H3;1,5,13,17-19H,4,6-12,15-16H2,2H3/t17-,24?;/m0./s1. The predicted octanol–water partition coefficient (Wildman–Crippen LogP) is 6.26. The number of anilines is 2. The van der Waals surface area contributed by atoms with Crippen LogP contribution in [0.2, 0.25) is 0 Å². The van der Waals surface area contributed by atoms with Gasteiger partial charge in [0.2, 0.25) is 11.8 Å². The molecule has 6 fully saturated rings. The molecule has 4 saturated carbocycles. The van der Waals surface area contributed by atoms with Gasteiger partial charge in [-0.25, -0.2) is 9.97 Å². The van der Waals surface area contributed by atoms with Gasteiger partial charge in [-0.2, -0.15) is 10.5 Å². The van der Waals surface area contributed by atoms with E-state index in [0.717, 1.165) is 109 Å². The van der Waals surface area contributed by atoms with Crippen molar-refractivity contribution in [3.8, 4) is 35.6 Å². The van der Waals surface area contributed by atoms with Gasteiger partial charge < -0.3 is 29.6 Å². The van der Waals surface area contributed by atoms with Gasteiger partial charge in [-0.05, 0) is 125 Å². The van der Waals surface area contributed by atoms with Gasteiger partial charge in [0.15, 0.2) is 0 Å². The highest BCUT2D eigenvalue weighted by molar-refractivity contribution is 5.94. The number of carbonyl (C=O) groups excluding carboxylic acids is 3. The first-order chi connectivity index (χ1) is 32.5. The zero-order chi connectivity index (χ0) is 46.9. The zero-order valence-electron chi connectivity index (χ0n) is 38.7. The summed E-state index contributed by atoms with van der Waals surface area (Å²) >= 11 is 0. The lowest BCUT2D eigenvalue weighted by Gasteiger charge is -2.43. The van der Waals surface area contributed by atoms with Crippen LogP contribution in [0, 0.1) is 46.8 Å². The second-order valence-corrected chi connectivity index (χ2v) is 19.5. The van der Waals surface area contributed by atoms with Gasteiger partial charge >= 0.3 is 0 Å². The first-order valence-corrected chi connectivity index (χ1v) is 24.2. The Balaban J connectivity index is 0.000000168. The summed E-state index contributed by atoms with van der Waals surface area (Å²) in [5, 5.41) is 29.8. The van der Waals surface area contributed by atoms with E-state index in [1.165, 1.54) is 0 Å². The third-order valence-electron chi connectivity index (χ3n) is 14.3. The molecule has 4 aliphatic carbocycles. The Morgan fingerprint density at radius 3 is 2.06 bits per heavy atom. The molecule has 3 atom stereocenters. The fraction of sp³-hybridized carbons (Fsp3) is 0.509. The number of amides is 3. The average molecular weight is 901 g/mol. The molecule has 3 amide bonds. The van der Waals surface area contributed by atoms with Crippen LogP contribution in [0.3, 0.4) is 0 Å². The van der Waals surface area contributed by atoms with E-state index in [2.05, 4.69) is 52.4 Å². The first-order valence-electron chi connectivity index (χ1n) is 24.2. The lowest BCUT2D eigenvalue weighted by molar-refractivity contribution is -0.136. The van der Waals surface area contributed by atoms with Gasteiger partial charge in [-0.1, -0.05) is 12.7 Å². The Kier molecular flexibility index (Phi) is 13.2. The second kappa shape index (κ2) is 19.3. The van der Waals surface area contributed by atoms with Crippen LogP contribution in [-0.4, -0.2) is 123 Å². The molecular formula is C53H60N10O4. The Hall–Kier alpha value is -6.56. The molecule has 67 heavy (non-hydrogen) atoms. The molecule has 3 aromatic heterocycles. The summed E-state index contributed by atoms with van der Waals surface area (Å²) in [6.07, 6.45) is 19.9. The maximum atomic E-state index is 12.8. The molecule has 3 aromatic rings. The van der Waals surface area contributed by atoms with Crippen LogP contribution in [0.25, 0.3) is 22.8 Å². The number of nitrogens with zero attached hydrogens (tertiary/aromatic N) is 10. The van der Waals surface area contributed by atoms with Gasteiger partial charge in [-0.3, -0.25) is 19.4 Å². The molecule has 0 radical (unpaired) electrons. The van der Waals surface area contributed by atoms with Crippen molar-refractivity contribution in [3.63, 3.8) is 0 Å². The minimum atomic E-state index is -0.638. The summed E-state index contributed by atoms with van der Waals surface area (Å²) in [5.74, 6) is 5.18. The van der Waals surface area contributed by atoms with E-state index < -0.39 is 6.10 Å². The van der Waals surface area contributed by atoms with Crippen molar-refractivity contribution in [2.24, 2.45) is 11.8 Å². The number of rotatable bonds is 11. The van der Waals surface area contributed by atoms with Crippen LogP contribution in [-0.2, 0) is 14.4 Å². The molecule has 7 aliphatic rings. The Labute approximate surface area is 394 Å². The quantitative estimate of drug-likeness (QED) is 0.215. The SMILES string of the molecule is C#CC(=O)N1CCC=C(c2cc(C#N)c(N3CCN(C(=O)C4CC4)C(C)C3)nc2C2CC2)C1.C=Cc1cc(-c2cc(C#N)c(N3CCN(C(=O)C[C@H](C)O)C(C4CC4)C3)nc2C2CC2)ccn1. The van der Waals surface area contributed by atoms with E-state index in [0.29, 0.717) is 81.2 Å². The lowest BCUT2D eigenvalue weighted by atomic mass is 9.95. The smallest absolute Gasteiger partial charge is 0.298 e. The molecule has 3 aliphatic heterocycles. The highest BCUT2D eigenvalue weighted by Gasteiger charge is 2.43. The van der Waals surface area contributed by atoms with Crippen molar-refractivity contribution in [2.75, 3.05) is 62.2 Å². The number of hydrogen-bond acceptors (Lipinski definition) is 11. The molecule has 14 nitrogen and oxygen atoms in total. The Morgan fingerprint density at radius 2 is 1.49 bits per heavy atom. The number of aromatic nitrogens is 3. The molecular weight excluding hydrogens is 841 g/mol. The van der Waals surface area contributed by atoms with Crippen LogP contribution in [0.4, 0.5) is 11.6 Å². The highest BCUT2D eigenvalue weighted by Crippen LogP contribution is 2.47. The van der Waals surface area contributed by atoms with Crippen molar-refractivity contribution in [1.29, 1.82) is 10.5 Å². The number of aliphatic hydroxyl groups excluding tert-OH is 1. The van der Waals surface area contributed by atoms with E-state index in [4.69, 9.17) is 16.4 Å². The molecule has 2 saturated heterocycles. The molecule has 6 heterocycles. The zero-order valence-corrected chi connectivity index (χ0v) is 38.7. The lowest BCUT2D eigenvalue weighted by Crippen LogP contribution is -2.57. The molecule has 0 aromatic carbocycles. The number of piperazine rings is 2. The maximum Gasteiger partial charge on any atom is 0.298 e. The van der Waals surface area contributed by atoms with Gasteiger partial charge in [0, 0.05) is 93.5 Å². The third kappa shape index (κ3) is 10.1. The van der Waals surface area contributed by atoms with Crippen molar-refractivity contribution < 1.29 is 19.5 Å². The third-order valence-corrected chi connectivity index (χ3v) is 14.3. The van der Waals surface area contributed by atoms with Gasteiger partial charge in [0.1, 0.15) is 23.8 Å². The van der Waals surface area contributed by atoms with Crippen molar-refractivity contribution in [3.05, 3.63) is 76.9 Å². The second-order valence-electron chi connectivity index (χ2n) is 19.5. The molecule has 2 unspecified atom stereocenters. The van der Waals surface area contributed by atoms with Crippen molar-refractivity contribution in [1.82, 2.24) is 29.7 Å². The van der Waals surface area contributed by atoms with Gasteiger partial charge in [0.25, 0.3) is 5.91 Å². The Bertz CT molecular complexity index is 2610. The van der Waals surface area contributed by atoms with Crippen LogP contribution in [0.5, 0.6) is 0 Å². The monoisotopic (exact) mass is 900 g/mol. The summed E-state index contributed by atoms with van der Waals surface area (Å²) in [7, 11) is 0. The fourth-order valence-corrected chi connectivity index (χ4v) is 10.0. The van der Waals surface area contributed by atoms with E-state index >= 15 is 0 Å². The minimum absolute atomic E-state index is 0.0183. The Morgan fingerprint density at radius 1 is 0.866 bits per heavy atom. The number of hydrogen-bond donors (Lipinski definition) is 1. The molecule has 14 heteroatoms.